The Labute approximate surface area is 177 Å². The van der Waals surface area contributed by atoms with Crippen LogP contribution in [-0.2, 0) is 9.47 Å². The van der Waals surface area contributed by atoms with Crippen LogP contribution in [0.15, 0.2) is 4.99 Å². The molecule has 166 valence electrons. The maximum atomic E-state index is 12.0. The first-order valence-corrected chi connectivity index (χ1v) is 11.8. The third-order valence-electron chi connectivity index (χ3n) is 7.25. The van der Waals surface area contributed by atoms with E-state index in [0.29, 0.717) is 24.0 Å². The highest BCUT2D eigenvalue weighted by atomic mass is 16.6. The van der Waals surface area contributed by atoms with Crippen molar-refractivity contribution in [3.63, 3.8) is 0 Å². The molecule has 3 fully saturated rings. The molecule has 3 rings (SSSR count). The second kappa shape index (κ2) is 10.8. The van der Waals surface area contributed by atoms with Gasteiger partial charge in [-0.05, 0) is 82.7 Å². The number of nitrogens with zero attached hydrogens (tertiary/aromatic N) is 3. The summed E-state index contributed by atoms with van der Waals surface area (Å²) in [6.45, 7) is 10.6. The van der Waals surface area contributed by atoms with Crippen molar-refractivity contribution < 1.29 is 14.3 Å². The largest absolute Gasteiger partial charge is 0.450 e. The average Bonchev–Trinajstić information content (AvgIpc) is 3.16. The Hall–Kier alpha value is -1.14. The first-order chi connectivity index (χ1) is 14.1. The van der Waals surface area contributed by atoms with Crippen LogP contribution in [0.5, 0.6) is 0 Å². The predicted molar refractivity (Wildman–Crippen MR) is 117 cm³/mol. The Morgan fingerprint density at radius 2 is 1.90 bits per heavy atom. The molecular formula is C23H41N3O3. The molecule has 0 aromatic rings. The van der Waals surface area contributed by atoms with Crippen molar-refractivity contribution >= 4 is 11.8 Å². The van der Waals surface area contributed by atoms with Gasteiger partial charge in [0.05, 0.1) is 6.61 Å². The van der Waals surface area contributed by atoms with Gasteiger partial charge < -0.3 is 19.3 Å². The van der Waals surface area contributed by atoms with Crippen molar-refractivity contribution in [1.29, 1.82) is 0 Å². The highest BCUT2D eigenvalue weighted by molar-refractivity contribution is 5.86. The minimum absolute atomic E-state index is 0.123. The molecule has 6 heteroatoms. The number of aliphatic imine (C=N–C) groups is 1. The SMILES string of the molecule is CCOC(=O)N1CCC2(CC(N3CCC(/C(CC)=N/CCCCOC)CC3)C2)C1. The lowest BCUT2D eigenvalue weighted by Crippen LogP contribution is -2.54. The zero-order valence-electron chi connectivity index (χ0n) is 18.8. The molecule has 0 atom stereocenters. The fourth-order valence-electron chi connectivity index (χ4n) is 5.55. The molecular weight excluding hydrogens is 366 g/mol. The molecule has 1 aliphatic carbocycles. The summed E-state index contributed by atoms with van der Waals surface area (Å²) in [6, 6.07) is 0.717. The Morgan fingerprint density at radius 3 is 2.55 bits per heavy atom. The molecule has 3 aliphatic rings. The second-order valence-corrected chi connectivity index (χ2v) is 9.17. The molecule has 1 spiro atoms. The predicted octanol–water partition coefficient (Wildman–Crippen LogP) is 3.99. The van der Waals surface area contributed by atoms with Crippen LogP contribution in [-0.4, -0.2) is 80.7 Å². The highest BCUT2D eigenvalue weighted by Gasteiger charge is 2.51. The summed E-state index contributed by atoms with van der Waals surface area (Å²) in [5.41, 5.74) is 1.81. The molecule has 0 aromatic heterocycles. The van der Waals surface area contributed by atoms with Crippen molar-refractivity contribution in [3.8, 4) is 0 Å². The Balaban J connectivity index is 1.38. The minimum atomic E-state index is -0.123. The lowest BCUT2D eigenvalue weighted by Gasteiger charge is -2.51. The number of amides is 1. The molecule has 6 nitrogen and oxygen atoms in total. The van der Waals surface area contributed by atoms with Gasteiger partial charge in [-0.1, -0.05) is 6.92 Å². The van der Waals surface area contributed by atoms with Gasteiger partial charge in [0.1, 0.15) is 0 Å². The molecule has 2 aliphatic heterocycles. The van der Waals surface area contributed by atoms with Gasteiger partial charge in [-0.3, -0.25) is 4.99 Å². The van der Waals surface area contributed by atoms with Crippen LogP contribution in [0.2, 0.25) is 0 Å². The van der Waals surface area contributed by atoms with E-state index < -0.39 is 0 Å². The lowest BCUT2D eigenvalue weighted by atomic mass is 9.64. The number of carbonyl (C=O) groups excluding carboxylic acids is 1. The van der Waals surface area contributed by atoms with Gasteiger partial charge >= 0.3 is 6.09 Å². The number of methoxy groups -OCH3 is 1. The number of piperidine rings is 1. The molecule has 0 bridgehead atoms. The first-order valence-electron chi connectivity index (χ1n) is 11.8. The fraction of sp³-hybridized carbons (Fsp3) is 0.913. The van der Waals surface area contributed by atoms with E-state index in [4.69, 9.17) is 14.5 Å². The third-order valence-corrected chi connectivity index (χ3v) is 7.25. The summed E-state index contributed by atoms with van der Waals surface area (Å²) in [7, 11) is 1.77. The monoisotopic (exact) mass is 407 g/mol. The van der Waals surface area contributed by atoms with E-state index in [2.05, 4.69) is 11.8 Å². The van der Waals surface area contributed by atoms with Gasteiger partial charge in [-0.25, -0.2) is 4.79 Å². The number of unbranched alkanes of at least 4 members (excludes halogenated alkanes) is 1. The third kappa shape index (κ3) is 5.72. The van der Waals surface area contributed by atoms with Crippen LogP contribution >= 0.6 is 0 Å². The molecule has 1 saturated carbocycles. The standard InChI is InChI=1S/C23H41N3O3/c1-4-21(24-11-6-7-15-28-3)19-8-12-25(13-9-19)20-16-23(17-20)10-14-26(18-23)22(27)29-5-2/h19-20H,4-18H2,1-3H3/b24-21+. The maximum absolute atomic E-state index is 12.0. The topological polar surface area (TPSA) is 54.4 Å². The van der Waals surface area contributed by atoms with Crippen molar-refractivity contribution in [2.24, 2.45) is 16.3 Å². The number of likely N-dealkylation sites (tertiary alicyclic amines) is 2. The summed E-state index contributed by atoms with van der Waals surface area (Å²) in [5, 5.41) is 0. The van der Waals surface area contributed by atoms with Crippen molar-refractivity contribution in [3.05, 3.63) is 0 Å². The molecule has 0 aromatic carbocycles. The van der Waals surface area contributed by atoms with E-state index >= 15 is 0 Å². The van der Waals surface area contributed by atoms with E-state index in [1.54, 1.807) is 7.11 Å². The smallest absolute Gasteiger partial charge is 0.409 e. The minimum Gasteiger partial charge on any atom is -0.450 e. The summed E-state index contributed by atoms with van der Waals surface area (Å²) in [5.74, 6) is 0.679. The number of hydrogen-bond acceptors (Lipinski definition) is 5. The molecule has 0 radical (unpaired) electrons. The van der Waals surface area contributed by atoms with E-state index in [9.17, 15) is 4.79 Å². The molecule has 0 unspecified atom stereocenters. The summed E-state index contributed by atoms with van der Waals surface area (Å²) >= 11 is 0. The van der Waals surface area contributed by atoms with Gasteiger partial charge in [0.2, 0.25) is 0 Å². The van der Waals surface area contributed by atoms with Crippen LogP contribution in [0.25, 0.3) is 0 Å². The van der Waals surface area contributed by atoms with Gasteiger partial charge in [0.25, 0.3) is 0 Å². The molecule has 29 heavy (non-hydrogen) atoms. The van der Waals surface area contributed by atoms with Crippen molar-refractivity contribution in [2.75, 3.05) is 53.0 Å². The highest BCUT2D eigenvalue weighted by Crippen LogP contribution is 2.50. The van der Waals surface area contributed by atoms with Crippen LogP contribution in [0.1, 0.15) is 65.2 Å². The van der Waals surface area contributed by atoms with Crippen LogP contribution in [0, 0.1) is 11.3 Å². The van der Waals surface area contributed by atoms with Gasteiger partial charge in [-0.2, -0.15) is 0 Å². The second-order valence-electron chi connectivity index (χ2n) is 9.17. The average molecular weight is 408 g/mol. The van der Waals surface area contributed by atoms with Gasteiger partial charge in [0.15, 0.2) is 0 Å². The summed E-state index contributed by atoms with van der Waals surface area (Å²) in [6.07, 6.45) is 9.35. The number of carbonyl (C=O) groups is 1. The van der Waals surface area contributed by atoms with E-state index in [1.807, 2.05) is 11.8 Å². The van der Waals surface area contributed by atoms with E-state index in [0.717, 1.165) is 51.9 Å². The summed E-state index contributed by atoms with van der Waals surface area (Å²) < 4.78 is 10.3. The number of ether oxygens (including phenoxy) is 2. The molecule has 2 saturated heterocycles. The van der Waals surface area contributed by atoms with Crippen molar-refractivity contribution in [2.45, 2.75) is 71.3 Å². The zero-order valence-corrected chi connectivity index (χ0v) is 18.8. The zero-order chi connectivity index (χ0) is 20.7. The molecule has 0 N–H and O–H groups in total. The first kappa shape index (κ1) is 22.5. The van der Waals surface area contributed by atoms with Crippen molar-refractivity contribution in [1.82, 2.24) is 9.80 Å². The van der Waals surface area contributed by atoms with Gasteiger partial charge in [-0.15, -0.1) is 0 Å². The van der Waals surface area contributed by atoms with Crippen LogP contribution < -0.4 is 0 Å². The summed E-state index contributed by atoms with van der Waals surface area (Å²) in [4.78, 5) is 21.5. The van der Waals surface area contributed by atoms with Crippen LogP contribution in [0.4, 0.5) is 4.79 Å². The lowest BCUT2D eigenvalue weighted by molar-refractivity contribution is -0.00548. The van der Waals surface area contributed by atoms with Crippen LogP contribution in [0.3, 0.4) is 0 Å². The quantitative estimate of drug-likeness (QED) is 0.428. The van der Waals surface area contributed by atoms with E-state index in [-0.39, 0.29) is 6.09 Å². The Bertz CT molecular complexity index is 552. The van der Waals surface area contributed by atoms with Gasteiger partial charge in [0, 0.05) is 45.1 Å². The fourth-order valence-corrected chi connectivity index (χ4v) is 5.55. The molecule has 2 heterocycles. The molecule has 1 amide bonds. The number of rotatable bonds is 9. The normalized spacial score (nSPS) is 28.7. The Morgan fingerprint density at radius 1 is 1.14 bits per heavy atom. The number of hydrogen-bond donors (Lipinski definition) is 0. The van der Waals surface area contributed by atoms with E-state index in [1.165, 1.54) is 44.5 Å². The Kier molecular flexibility index (Phi) is 8.36. The maximum Gasteiger partial charge on any atom is 0.409 e.